The van der Waals surface area contributed by atoms with Crippen LogP contribution in [-0.4, -0.2) is 47.3 Å². The first-order valence-electron chi connectivity index (χ1n) is 11.0. The first-order chi connectivity index (χ1) is 15.9. The predicted molar refractivity (Wildman–Crippen MR) is 122 cm³/mol. The minimum atomic E-state index is -0.772. The maximum atomic E-state index is 12.7. The van der Waals surface area contributed by atoms with E-state index in [0.29, 0.717) is 30.0 Å². The average Bonchev–Trinajstić information content (AvgIpc) is 3.36. The van der Waals surface area contributed by atoms with Crippen LogP contribution in [0.25, 0.3) is 0 Å². The molecular formula is C24H26N4O5. The lowest BCUT2D eigenvalue weighted by Gasteiger charge is -2.19. The molecule has 2 aromatic carbocycles. The first-order valence-corrected chi connectivity index (χ1v) is 11.0. The highest BCUT2D eigenvalue weighted by atomic mass is 16.5. The number of para-hydroxylation sites is 1. The Bertz CT molecular complexity index is 1050. The van der Waals surface area contributed by atoms with Gasteiger partial charge in [0.1, 0.15) is 11.3 Å². The lowest BCUT2D eigenvalue weighted by atomic mass is 9.98. The molecule has 172 valence electrons. The van der Waals surface area contributed by atoms with Crippen molar-refractivity contribution in [1.29, 1.82) is 0 Å². The smallest absolute Gasteiger partial charge is 0.325 e. The zero-order valence-electron chi connectivity index (χ0n) is 18.1. The molecule has 9 heteroatoms. The van der Waals surface area contributed by atoms with E-state index in [1.807, 2.05) is 18.2 Å². The Morgan fingerprint density at radius 1 is 0.939 bits per heavy atom. The second-order valence-corrected chi connectivity index (χ2v) is 8.21. The van der Waals surface area contributed by atoms with Crippen LogP contribution in [0.5, 0.6) is 5.75 Å². The number of ether oxygens (including phenoxy) is 1. The molecule has 2 aromatic rings. The topological polar surface area (TPSA) is 117 Å². The Kier molecular flexibility index (Phi) is 6.58. The number of nitrogens with one attached hydrogen (secondary N) is 3. The molecule has 4 rings (SSSR count). The van der Waals surface area contributed by atoms with Crippen molar-refractivity contribution in [2.24, 2.45) is 0 Å². The Labute approximate surface area is 191 Å². The number of rotatable bonds is 8. The number of anilines is 2. The number of benzene rings is 2. The number of carbonyl (C=O) groups excluding carboxylic acids is 4. The van der Waals surface area contributed by atoms with Crippen LogP contribution in [0.15, 0.2) is 54.6 Å². The van der Waals surface area contributed by atoms with Gasteiger partial charge >= 0.3 is 6.03 Å². The van der Waals surface area contributed by atoms with Crippen LogP contribution in [0.1, 0.15) is 32.1 Å². The van der Waals surface area contributed by atoms with Crippen LogP contribution in [0, 0.1) is 0 Å². The van der Waals surface area contributed by atoms with Crippen LogP contribution < -0.4 is 20.7 Å². The monoisotopic (exact) mass is 450 g/mol. The summed E-state index contributed by atoms with van der Waals surface area (Å²) in [7, 11) is 0. The number of amides is 5. The van der Waals surface area contributed by atoms with Crippen LogP contribution in [0.2, 0.25) is 0 Å². The molecule has 0 aromatic heterocycles. The Morgan fingerprint density at radius 3 is 2.39 bits per heavy atom. The fourth-order valence-electron chi connectivity index (χ4n) is 4.16. The number of imide groups is 1. The van der Waals surface area contributed by atoms with E-state index in [9.17, 15) is 19.2 Å². The normalized spacial score (nSPS) is 16.5. The zero-order valence-corrected chi connectivity index (χ0v) is 18.1. The second kappa shape index (κ2) is 9.72. The quantitative estimate of drug-likeness (QED) is 0.535. The number of hydrogen-bond acceptors (Lipinski definition) is 5. The van der Waals surface area contributed by atoms with Crippen molar-refractivity contribution in [1.82, 2.24) is 10.2 Å². The van der Waals surface area contributed by atoms with Crippen molar-refractivity contribution in [2.45, 2.75) is 37.6 Å². The van der Waals surface area contributed by atoms with E-state index in [1.54, 1.807) is 36.4 Å². The molecule has 0 unspecified atom stereocenters. The van der Waals surface area contributed by atoms with Crippen LogP contribution in [0.4, 0.5) is 16.2 Å². The van der Waals surface area contributed by atoms with Gasteiger partial charge in [0.15, 0.2) is 6.61 Å². The predicted octanol–water partition coefficient (Wildman–Crippen LogP) is 2.90. The van der Waals surface area contributed by atoms with E-state index in [2.05, 4.69) is 16.0 Å². The Hall–Kier alpha value is -3.88. The molecule has 9 nitrogen and oxygen atoms in total. The molecule has 1 aliphatic heterocycles. The molecule has 5 amide bonds. The third kappa shape index (κ3) is 5.31. The van der Waals surface area contributed by atoms with Crippen LogP contribution >= 0.6 is 0 Å². The van der Waals surface area contributed by atoms with Crippen molar-refractivity contribution < 1.29 is 23.9 Å². The fourth-order valence-corrected chi connectivity index (χ4v) is 4.16. The first kappa shape index (κ1) is 22.3. The number of nitrogens with zero attached hydrogens (tertiary/aromatic N) is 1. The third-order valence-electron chi connectivity index (χ3n) is 5.81. The van der Waals surface area contributed by atoms with Crippen LogP contribution in [-0.2, 0) is 14.4 Å². The Morgan fingerprint density at radius 2 is 1.64 bits per heavy atom. The molecule has 1 spiro atoms. The summed E-state index contributed by atoms with van der Waals surface area (Å²) >= 11 is 0. The number of carbonyl (C=O) groups is 4. The lowest BCUT2D eigenvalue weighted by Crippen LogP contribution is -2.44. The molecular weight excluding hydrogens is 424 g/mol. The minimum Gasteiger partial charge on any atom is -0.484 e. The van der Waals surface area contributed by atoms with Crippen molar-refractivity contribution in [3.63, 3.8) is 0 Å². The van der Waals surface area contributed by atoms with Crippen molar-refractivity contribution >= 4 is 35.1 Å². The van der Waals surface area contributed by atoms with E-state index in [-0.39, 0.29) is 37.3 Å². The molecule has 1 aliphatic carbocycles. The van der Waals surface area contributed by atoms with Crippen LogP contribution in [0.3, 0.4) is 0 Å². The summed E-state index contributed by atoms with van der Waals surface area (Å²) in [5, 5.41) is 8.27. The molecule has 2 aliphatic rings. The summed E-state index contributed by atoms with van der Waals surface area (Å²) in [6, 6.07) is 15.3. The van der Waals surface area contributed by atoms with Gasteiger partial charge in [0.25, 0.3) is 11.8 Å². The van der Waals surface area contributed by atoms with Gasteiger partial charge in [-0.1, -0.05) is 37.1 Å². The second-order valence-electron chi connectivity index (χ2n) is 8.21. The van der Waals surface area contributed by atoms with Crippen molar-refractivity contribution in [2.75, 3.05) is 23.8 Å². The van der Waals surface area contributed by atoms with E-state index in [4.69, 9.17) is 4.74 Å². The van der Waals surface area contributed by atoms with E-state index < -0.39 is 11.6 Å². The van der Waals surface area contributed by atoms with E-state index in [0.717, 1.165) is 17.7 Å². The van der Waals surface area contributed by atoms with Gasteiger partial charge in [-0.3, -0.25) is 19.3 Å². The molecule has 33 heavy (non-hydrogen) atoms. The van der Waals surface area contributed by atoms with E-state index in [1.165, 1.54) is 0 Å². The van der Waals surface area contributed by atoms with Gasteiger partial charge in [0, 0.05) is 30.4 Å². The highest BCUT2D eigenvalue weighted by Crippen LogP contribution is 2.35. The maximum absolute atomic E-state index is 12.7. The van der Waals surface area contributed by atoms with Gasteiger partial charge < -0.3 is 20.7 Å². The molecule has 1 saturated carbocycles. The molecule has 0 atom stereocenters. The summed E-state index contributed by atoms with van der Waals surface area (Å²) in [4.78, 5) is 50.4. The highest BCUT2D eigenvalue weighted by Gasteiger charge is 2.52. The molecule has 0 radical (unpaired) electrons. The lowest BCUT2D eigenvalue weighted by molar-refractivity contribution is -0.131. The van der Waals surface area contributed by atoms with Gasteiger partial charge in [-0.25, -0.2) is 4.79 Å². The van der Waals surface area contributed by atoms with Gasteiger partial charge in [-0.2, -0.15) is 0 Å². The standard InChI is InChI=1S/C24H26N4O5/c29-20(11-14-28-22(31)24(27-23(28)32)12-4-5-13-24)26-18-9-6-10-19(15-18)33-16-21(30)25-17-7-2-1-3-8-17/h1-3,6-10,15H,4-5,11-14,16H2,(H,25,30)(H,26,29)(H,27,32). The largest absolute Gasteiger partial charge is 0.484 e. The minimum absolute atomic E-state index is 0.0141. The van der Waals surface area contributed by atoms with Gasteiger partial charge in [-0.15, -0.1) is 0 Å². The molecule has 1 heterocycles. The van der Waals surface area contributed by atoms with Gasteiger partial charge in [0.2, 0.25) is 5.91 Å². The van der Waals surface area contributed by atoms with E-state index >= 15 is 0 Å². The van der Waals surface area contributed by atoms with Gasteiger partial charge in [-0.05, 0) is 37.1 Å². The summed E-state index contributed by atoms with van der Waals surface area (Å²) in [6.07, 6.45) is 3.10. The summed E-state index contributed by atoms with van der Waals surface area (Å²) < 4.78 is 5.52. The number of urea groups is 1. The maximum Gasteiger partial charge on any atom is 0.325 e. The summed E-state index contributed by atoms with van der Waals surface area (Å²) in [6.45, 7) is -0.158. The molecule has 2 fully saturated rings. The Balaban J connectivity index is 1.25. The number of hydrogen-bond donors (Lipinski definition) is 3. The molecule has 3 N–H and O–H groups in total. The highest BCUT2D eigenvalue weighted by molar-refractivity contribution is 6.07. The SMILES string of the molecule is O=C(CCN1C(=O)NC2(CCCC2)C1=O)Nc1cccc(OCC(=O)Nc2ccccc2)c1. The van der Waals surface area contributed by atoms with Gasteiger partial charge in [0.05, 0.1) is 0 Å². The average molecular weight is 450 g/mol. The summed E-state index contributed by atoms with van der Waals surface area (Å²) in [5.74, 6) is -0.443. The van der Waals surface area contributed by atoms with Crippen molar-refractivity contribution in [3.05, 3.63) is 54.6 Å². The fraction of sp³-hybridized carbons (Fsp3) is 0.333. The zero-order chi connectivity index (χ0) is 23.3. The third-order valence-corrected chi connectivity index (χ3v) is 5.81. The van der Waals surface area contributed by atoms with Crippen molar-refractivity contribution in [3.8, 4) is 5.75 Å². The molecule has 0 bridgehead atoms. The summed E-state index contributed by atoms with van der Waals surface area (Å²) in [5.41, 5.74) is 0.396. The molecule has 1 saturated heterocycles.